The third-order valence-corrected chi connectivity index (χ3v) is 4.52. The monoisotopic (exact) mass is 259 g/mol. The molecule has 0 heterocycles. The third-order valence-electron chi connectivity index (χ3n) is 1.85. The van der Waals surface area contributed by atoms with Gasteiger partial charge in [-0.25, -0.2) is 8.42 Å². The molecule has 0 rings (SSSR count). The Kier molecular flexibility index (Phi) is 7.46. The minimum absolute atomic E-state index is 0.0118. The Morgan fingerprint density at radius 2 is 1.73 bits per heavy atom. The Morgan fingerprint density at radius 3 is 2.07 bits per heavy atom. The van der Waals surface area contributed by atoms with E-state index in [0.29, 0.717) is 0 Å². The number of aliphatic hydroxyl groups is 2. The lowest BCUT2D eigenvalue weighted by molar-refractivity contribution is 0.217. The molecular weight excluding hydrogens is 242 g/mol. The highest BCUT2D eigenvalue weighted by molar-refractivity contribution is 7.89. The van der Waals surface area contributed by atoms with Gasteiger partial charge in [-0.05, 0) is 5.92 Å². The fourth-order valence-corrected chi connectivity index (χ4v) is 3.13. The molecule has 1 atom stereocenters. The average Bonchev–Trinajstić information content (AvgIpc) is 2.16. The number of hydrogen-bond acceptors (Lipinski definition) is 4. The van der Waals surface area contributed by atoms with E-state index >= 15 is 0 Å². The molecule has 0 aromatic carbocycles. The zero-order valence-electron chi connectivity index (χ0n) is 8.76. The lowest BCUT2D eigenvalue weighted by Crippen LogP contribution is -2.38. The molecule has 1 unspecified atom stereocenters. The van der Waals surface area contributed by atoms with Crippen molar-refractivity contribution in [2.24, 2.45) is 5.92 Å². The van der Waals surface area contributed by atoms with Crippen molar-refractivity contribution in [1.82, 2.24) is 4.31 Å². The first-order valence-corrected chi connectivity index (χ1v) is 6.87. The highest BCUT2D eigenvalue weighted by Crippen LogP contribution is 2.08. The van der Waals surface area contributed by atoms with E-state index in [4.69, 9.17) is 21.8 Å². The molecule has 7 heteroatoms. The maximum absolute atomic E-state index is 11.7. The van der Waals surface area contributed by atoms with Crippen LogP contribution in [0.25, 0.3) is 0 Å². The smallest absolute Gasteiger partial charge is 0.214 e. The van der Waals surface area contributed by atoms with Crippen molar-refractivity contribution in [3.8, 4) is 0 Å². The molecule has 0 radical (unpaired) electrons. The standard InChI is InChI=1S/C8H18ClNO4S/c1-8(6-9)7-15(13,14)10(2-4-11)3-5-12/h8,11-12H,2-7H2,1H3. The van der Waals surface area contributed by atoms with Gasteiger partial charge >= 0.3 is 0 Å². The Hall–Kier alpha value is 0.120. The second-order valence-corrected chi connectivity index (χ2v) is 5.71. The minimum Gasteiger partial charge on any atom is -0.395 e. The van der Waals surface area contributed by atoms with E-state index in [1.807, 2.05) is 0 Å². The van der Waals surface area contributed by atoms with Crippen molar-refractivity contribution < 1.29 is 18.6 Å². The van der Waals surface area contributed by atoms with Crippen LogP contribution in [-0.4, -0.2) is 60.9 Å². The molecule has 2 N–H and O–H groups in total. The van der Waals surface area contributed by atoms with E-state index in [1.165, 1.54) is 0 Å². The molecule has 0 amide bonds. The first-order valence-electron chi connectivity index (χ1n) is 4.73. The highest BCUT2D eigenvalue weighted by Gasteiger charge is 2.23. The van der Waals surface area contributed by atoms with Crippen molar-refractivity contribution in [3.05, 3.63) is 0 Å². The van der Waals surface area contributed by atoms with E-state index in [2.05, 4.69) is 0 Å². The van der Waals surface area contributed by atoms with E-state index in [0.717, 1.165) is 4.31 Å². The van der Waals surface area contributed by atoms with Crippen LogP contribution in [-0.2, 0) is 10.0 Å². The Balaban J connectivity index is 4.48. The van der Waals surface area contributed by atoms with Crippen LogP contribution >= 0.6 is 11.6 Å². The molecule has 0 aliphatic carbocycles. The summed E-state index contributed by atoms with van der Waals surface area (Å²) in [5, 5.41) is 17.4. The predicted octanol–water partition coefficient (Wildman–Crippen LogP) is -0.522. The number of rotatable bonds is 8. The predicted molar refractivity (Wildman–Crippen MR) is 59.4 cm³/mol. The summed E-state index contributed by atoms with van der Waals surface area (Å²) in [6.45, 7) is 1.25. The molecule has 0 aliphatic heterocycles. The van der Waals surface area contributed by atoms with Crippen molar-refractivity contribution >= 4 is 21.6 Å². The van der Waals surface area contributed by atoms with E-state index in [-0.39, 0.29) is 43.9 Å². The number of halogens is 1. The first-order chi connectivity index (χ1) is 6.97. The van der Waals surface area contributed by atoms with Gasteiger partial charge in [-0.1, -0.05) is 6.92 Å². The van der Waals surface area contributed by atoms with Gasteiger partial charge in [0.2, 0.25) is 10.0 Å². The van der Waals surface area contributed by atoms with Crippen molar-refractivity contribution in [2.75, 3.05) is 37.9 Å². The Morgan fingerprint density at radius 1 is 1.27 bits per heavy atom. The van der Waals surface area contributed by atoms with Crippen LogP contribution in [0.2, 0.25) is 0 Å². The fourth-order valence-electron chi connectivity index (χ4n) is 1.12. The maximum atomic E-state index is 11.7. The lowest BCUT2D eigenvalue weighted by atomic mass is 10.3. The van der Waals surface area contributed by atoms with Crippen LogP contribution in [0.5, 0.6) is 0 Å². The van der Waals surface area contributed by atoms with Crippen molar-refractivity contribution in [2.45, 2.75) is 6.92 Å². The second kappa shape index (κ2) is 7.40. The van der Waals surface area contributed by atoms with Crippen molar-refractivity contribution in [3.63, 3.8) is 0 Å². The molecule has 0 spiro atoms. The van der Waals surface area contributed by atoms with Gasteiger partial charge in [0, 0.05) is 19.0 Å². The van der Waals surface area contributed by atoms with E-state index < -0.39 is 10.0 Å². The summed E-state index contributed by atoms with van der Waals surface area (Å²) in [7, 11) is -3.43. The molecule has 5 nitrogen and oxygen atoms in total. The lowest BCUT2D eigenvalue weighted by Gasteiger charge is -2.21. The molecule has 15 heavy (non-hydrogen) atoms. The third kappa shape index (κ3) is 5.67. The van der Waals surface area contributed by atoms with Gasteiger partial charge in [0.25, 0.3) is 0 Å². The van der Waals surface area contributed by atoms with Crippen LogP contribution in [0.3, 0.4) is 0 Å². The van der Waals surface area contributed by atoms with Gasteiger partial charge in [0.15, 0.2) is 0 Å². The summed E-state index contributed by atoms with van der Waals surface area (Å²) in [6, 6.07) is 0. The van der Waals surface area contributed by atoms with Gasteiger partial charge in [-0.3, -0.25) is 0 Å². The number of alkyl halides is 1. The summed E-state index contributed by atoms with van der Waals surface area (Å²) in [6.07, 6.45) is 0. The number of sulfonamides is 1. The highest BCUT2D eigenvalue weighted by atomic mass is 35.5. The van der Waals surface area contributed by atoms with E-state index in [1.54, 1.807) is 6.92 Å². The fraction of sp³-hybridized carbons (Fsp3) is 1.00. The average molecular weight is 260 g/mol. The second-order valence-electron chi connectivity index (χ2n) is 3.38. The molecule has 0 fully saturated rings. The van der Waals surface area contributed by atoms with Crippen LogP contribution in [0.1, 0.15) is 6.92 Å². The van der Waals surface area contributed by atoms with Crippen LogP contribution in [0, 0.1) is 5.92 Å². The summed E-state index contributed by atoms with van der Waals surface area (Å²) in [4.78, 5) is 0. The van der Waals surface area contributed by atoms with Crippen LogP contribution in [0.15, 0.2) is 0 Å². The Labute approximate surface area is 95.7 Å². The molecule has 0 aliphatic rings. The van der Waals surface area contributed by atoms with Crippen LogP contribution < -0.4 is 0 Å². The zero-order chi connectivity index (χ0) is 11.9. The zero-order valence-corrected chi connectivity index (χ0v) is 10.3. The number of aliphatic hydroxyl groups excluding tert-OH is 2. The minimum atomic E-state index is -3.43. The first kappa shape index (κ1) is 15.1. The molecular formula is C8H18ClNO4S. The number of hydrogen-bond donors (Lipinski definition) is 2. The molecule has 0 saturated carbocycles. The molecule has 0 bridgehead atoms. The molecule has 0 aromatic heterocycles. The van der Waals surface area contributed by atoms with Gasteiger partial charge in [0.1, 0.15) is 0 Å². The quantitative estimate of drug-likeness (QED) is 0.575. The summed E-state index contributed by atoms with van der Waals surface area (Å²) in [5.74, 6) is 0.0681. The Bertz CT molecular complexity index is 251. The van der Waals surface area contributed by atoms with E-state index in [9.17, 15) is 8.42 Å². The number of nitrogens with zero attached hydrogens (tertiary/aromatic N) is 1. The van der Waals surface area contributed by atoms with Gasteiger partial charge in [-0.15, -0.1) is 11.6 Å². The van der Waals surface area contributed by atoms with Gasteiger partial charge < -0.3 is 10.2 Å². The normalized spacial score (nSPS) is 14.5. The molecule has 0 aromatic rings. The van der Waals surface area contributed by atoms with Crippen molar-refractivity contribution in [1.29, 1.82) is 0 Å². The summed E-state index contributed by atoms with van der Waals surface area (Å²) in [5.41, 5.74) is 0. The molecule has 0 saturated heterocycles. The topological polar surface area (TPSA) is 77.8 Å². The summed E-state index contributed by atoms with van der Waals surface area (Å²) < 4.78 is 24.5. The summed E-state index contributed by atoms with van der Waals surface area (Å²) >= 11 is 5.54. The molecule has 92 valence electrons. The van der Waals surface area contributed by atoms with Crippen LogP contribution in [0.4, 0.5) is 0 Å². The SMILES string of the molecule is CC(CCl)CS(=O)(=O)N(CCO)CCO. The van der Waals surface area contributed by atoms with Gasteiger partial charge in [0.05, 0.1) is 19.0 Å². The van der Waals surface area contributed by atoms with Gasteiger partial charge in [-0.2, -0.15) is 4.31 Å². The maximum Gasteiger partial charge on any atom is 0.214 e. The largest absolute Gasteiger partial charge is 0.395 e.